The maximum absolute atomic E-state index is 13.8. The number of hydrogen-bond donors (Lipinski definition) is 2. The van der Waals surface area contributed by atoms with Gasteiger partial charge in [-0.05, 0) is 70.7 Å². The number of rotatable bonds is 5. The van der Waals surface area contributed by atoms with Gasteiger partial charge in [0.25, 0.3) is 5.56 Å². The van der Waals surface area contributed by atoms with E-state index in [0.717, 1.165) is 25.7 Å². The van der Waals surface area contributed by atoms with Crippen LogP contribution in [0.15, 0.2) is 40.2 Å². The zero-order chi connectivity index (χ0) is 24.3. The number of carbonyl (C=O) groups excluding carboxylic acids is 1. The second-order valence-electron chi connectivity index (χ2n) is 10.2. The molecule has 5 rings (SSSR count). The molecule has 0 radical (unpaired) electrons. The van der Waals surface area contributed by atoms with Crippen molar-refractivity contribution in [3.63, 3.8) is 0 Å². The standard InChI is InChI=1S/C24H30N4O5S/c1-24(2,3)33-23(30)27-12-4-5-16(27)14-28(15-6-7-15)34(31,32)17-8-9-20-19(13-17)18-10-11-25-21(18)22(29)26-20/h8-11,13,15-16,25H,4-7,12,14H2,1-3H3,(H,26,29)/t16-/m0/s1. The molecule has 3 heterocycles. The molecule has 1 amide bonds. The van der Waals surface area contributed by atoms with Gasteiger partial charge in [-0.1, -0.05) is 0 Å². The lowest BCUT2D eigenvalue weighted by atomic mass is 10.1. The monoisotopic (exact) mass is 486 g/mol. The predicted octanol–water partition coefficient (Wildman–Crippen LogP) is 3.56. The van der Waals surface area contributed by atoms with Crippen molar-refractivity contribution >= 4 is 37.9 Å². The van der Waals surface area contributed by atoms with Gasteiger partial charge >= 0.3 is 6.09 Å². The van der Waals surface area contributed by atoms with Crippen LogP contribution in [0.5, 0.6) is 0 Å². The molecular formula is C24H30N4O5S. The minimum atomic E-state index is -3.81. The van der Waals surface area contributed by atoms with Crippen LogP contribution in [0.3, 0.4) is 0 Å². The van der Waals surface area contributed by atoms with Crippen molar-refractivity contribution in [3.05, 3.63) is 40.8 Å². The Morgan fingerprint density at radius 3 is 2.65 bits per heavy atom. The summed E-state index contributed by atoms with van der Waals surface area (Å²) in [6, 6.07) is 6.31. The number of fused-ring (bicyclic) bond motifs is 3. The average molecular weight is 487 g/mol. The quantitative estimate of drug-likeness (QED) is 0.572. The number of carbonyl (C=O) groups is 1. The summed E-state index contributed by atoms with van der Waals surface area (Å²) in [6.07, 6.45) is 4.44. The molecule has 1 aliphatic heterocycles. The van der Waals surface area contributed by atoms with E-state index in [4.69, 9.17) is 4.74 Å². The highest BCUT2D eigenvalue weighted by atomic mass is 32.2. The second kappa shape index (κ2) is 8.13. The van der Waals surface area contributed by atoms with Crippen molar-refractivity contribution in [2.45, 2.75) is 69.0 Å². The maximum Gasteiger partial charge on any atom is 0.410 e. The first kappa shape index (κ1) is 22.9. The van der Waals surface area contributed by atoms with Crippen LogP contribution < -0.4 is 5.56 Å². The van der Waals surface area contributed by atoms with E-state index in [1.807, 2.05) is 20.8 Å². The van der Waals surface area contributed by atoms with Crippen molar-refractivity contribution in [1.82, 2.24) is 19.2 Å². The first-order valence-electron chi connectivity index (χ1n) is 11.7. The van der Waals surface area contributed by atoms with Gasteiger partial charge in [-0.3, -0.25) is 4.79 Å². The number of aromatic nitrogens is 2. The average Bonchev–Trinajstić information content (AvgIpc) is 3.27. The van der Waals surface area contributed by atoms with Crippen LogP contribution in [0.25, 0.3) is 21.8 Å². The summed E-state index contributed by atoms with van der Waals surface area (Å²) in [4.78, 5) is 32.6. The van der Waals surface area contributed by atoms with Crippen LogP contribution in [0.1, 0.15) is 46.5 Å². The zero-order valence-electron chi connectivity index (χ0n) is 19.6. The number of likely N-dealkylation sites (tertiary alicyclic amines) is 1. The highest BCUT2D eigenvalue weighted by Crippen LogP contribution is 2.35. The number of benzene rings is 1. The van der Waals surface area contributed by atoms with Crippen LogP contribution in [0, 0.1) is 0 Å². The molecule has 10 heteroatoms. The maximum atomic E-state index is 13.8. The van der Waals surface area contributed by atoms with Gasteiger partial charge in [-0.15, -0.1) is 0 Å². The first-order valence-corrected chi connectivity index (χ1v) is 13.1. The molecule has 2 aromatic heterocycles. The Balaban J connectivity index is 1.47. The summed E-state index contributed by atoms with van der Waals surface area (Å²) in [5, 5.41) is 1.35. The molecule has 2 N–H and O–H groups in total. The largest absolute Gasteiger partial charge is 0.444 e. The predicted molar refractivity (Wildman–Crippen MR) is 129 cm³/mol. The van der Waals surface area contributed by atoms with Crippen LogP contribution in [-0.4, -0.2) is 64.5 Å². The highest BCUT2D eigenvalue weighted by Gasteiger charge is 2.42. The van der Waals surface area contributed by atoms with E-state index >= 15 is 0 Å². The summed E-state index contributed by atoms with van der Waals surface area (Å²) >= 11 is 0. The SMILES string of the molecule is CC(C)(C)OC(=O)N1CCC[C@H]1CN(C1CC1)S(=O)(=O)c1ccc2[nH]c(=O)c3[nH]ccc3c2c1. The third-order valence-electron chi connectivity index (χ3n) is 6.46. The molecule has 1 saturated carbocycles. The van der Waals surface area contributed by atoms with Crippen molar-refractivity contribution in [2.24, 2.45) is 0 Å². The van der Waals surface area contributed by atoms with Crippen LogP contribution in [0.2, 0.25) is 0 Å². The van der Waals surface area contributed by atoms with Gasteiger partial charge < -0.3 is 19.6 Å². The summed E-state index contributed by atoms with van der Waals surface area (Å²) in [5.74, 6) is 0. The van der Waals surface area contributed by atoms with Gasteiger partial charge in [0.1, 0.15) is 11.1 Å². The van der Waals surface area contributed by atoms with E-state index < -0.39 is 21.7 Å². The van der Waals surface area contributed by atoms with E-state index in [-0.39, 0.29) is 29.1 Å². The zero-order valence-corrected chi connectivity index (χ0v) is 20.4. The molecule has 2 aliphatic rings. The van der Waals surface area contributed by atoms with Crippen molar-refractivity contribution in [3.8, 4) is 0 Å². The van der Waals surface area contributed by atoms with Gasteiger partial charge in [0.05, 0.1) is 4.90 Å². The summed E-state index contributed by atoms with van der Waals surface area (Å²) in [7, 11) is -3.81. The summed E-state index contributed by atoms with van der Waals surface area (Å²) in [5.41, 5.74) is 0.148. The van der Waals surface area contributed by atoms with Gasteiger partial charge in [0.2, 0.25) is 10.0 Å². The number of ether oxygens (including phenoxy) is 1. The Labute approximate surface area is 198 Å². The molecule has 1 atom stereocenters. The molecule has 1 aromatic carbocycles. The minimum absolute atomic E-state index is 0.0651. The molecule has 34 heavy (non-hydrogen) atoms. The lowest BCUT2D eigenvalue weighted by Crippen LogP contribution is -2.47. The van der Waals surface area contributed by atoms with E-state index in [1.165, 1.54) is 0 Å². The fourth-order valence-electron chi connectivity index (χ4n) is 4.72. The van der Waals surface area contributed by atoms with E-state index in [1.54, 1.807) is 39.7 Å². The summed E-state index contributed by atoms with van der Waals surface area (Å²) in [6.45, 7) is 6.28. The molecule has 0 spiro atoms. The van der Waals surface area contributed by atoms with Gasteiger partial charge in [0.15, 0.2) is 0 Å². The molecule has 0 bridgehead atoms. The molecule has 3 aromatic rings. The Kier molecular flexibility index (Phi) is 5.48. The Morgan fingerprint density at radius 2 is 1.94 bits per heavy atom. The Morgan fingerprint density at radius 1 is 1.18 bits per heavy atom. The van der Waals surface area contributed by atoms with E-state index in [0.29, 0.717) is 28.4 Å². The van der Waals surface area contributed by atoms with Gasteiger partial charge in [0, 0.05) is 47.7 Å². The molecule has 0 unspecified atom stereocenters. The number of aromatic amines is 2. The fraction of sp³-hybridized carbons (Fsp3) is 0.500. The number of amides is 1. The first-order chi connectivity index (χ1) is 16.0. The van der Waals surface area contributed by atoms with Crippen LogP contribution >= 0.6 is 0 Å². The van der Waals surface area contributed by atoms with Crippen molar-refractivity contribution in [2.75, 3.05) is 13.1 Å². The van der Waals surface area contributed by atoms with Crippen molar-refractivity contribution in [1.29, 1.82) is 0 Å². The third kappa shape index (κ3) is 4.20. The highest BCUT2D eigenvalue weighted by molar-refractivity contribution is 7.89. The van der Waals surface area contributed by atoms with Gasteiger partial charge in [-0.25, -0.2) is 13.2 Å². The Hall–Kier alpha value is -2.85. The lowest BCUT2D eigenvalue weighted by molar-refractivity contribution is 0.0212. The van der Waals surface area contributed by atoms with E-state index in [2.05, 4.69) is 9.97 Å². The van der Waals surface area contributed by atoms with Gasteiger partial charge in [-0.2, -0.15) is 4.31 Å². The summed E-state index contributed by atoms with van der Waals surface area (Å²) < 4.78 is 34.7. The number of H-pyrrole nitrogens is 2. The van der Waals surface area contributed by atoms with Crippen LogP contribution in [-0.2, 0) is 14.8 Å². The van der Waals surface area contributed by atoms with Crippen LogP contribution in [0.4, 0.5) is 4.79 Å². The molecule has 1 saturated heterocycles. The second-order valence-corrected chi connectivity index (χ2v) is 12.1. The van der Waals surface area contributed by atoms with Crippen molar-refractivity contribution < 1.29 is 17.9 Å². The third-order valence-corrected chi connectivity index (χ3v) is 8.37. The number of sulfonamides is 1. The Bertz CT molecular complexity index is 1410. The molecular weight excluding hydrogens is 456 g/mol. The molecule has 2 fully saturated rings. The topological polar surface area (TPSA) is 116 Å². The number of nitrogens with one attached hydrogen (secondary N) is 2. The minimum Gasteiger partial charge on any atom is -0.444 e. The molecule has 1 aliphatic carbocycles. The number of pyridine rings is 1. The smallest absolute Gasteiger partial charge is 0.410 e. The molecule has 9 nitrogen and oxygen atoms in total. The number of hydrogen-bond acceptors (Lipinski definition) is 5. The normalized spacial score (nSPS) is 19.4. The number of nitrogens with zero attached hydrogens (tertiary/aromatic N) is 2. The fourth-order valence-corrected chi connectivity index (χ4v) is 6.47. The molecule has 182 valence electrons. The lowest BCUT2D eigenvalue weighted by Gasteiger charge is -2.32. The van der Waals surface area contributed by atoms with E-state index in [9.17, 15) is 18.0 Å².